The van der Waals surface area contributed by atoms with Crippen LogP contribution in [0.4, 0.5) is 0 Å². The second-order valence-electron chi connectivity index (χ2n) is 2.88. The van der Waals surface area contributed by atoms with Gasteiger partial charge in [0.25, 0.3) is 0 Å². The highest BCUT2D eigenvalue weighted by Crippen LogP contribution is 2.28. The number of hydrogen-bond acceptors (Lipinski definition) is 3. The Morgan fingerprint density at radius 3 is 3.25 bits per heavy atom. The first-order valence-electron chi connectivity index (χ1n) is 3.77. The Morgan fingerprint density at radius 2 is 2.67 bits per heavy atom. The monoisotopic (exact) mass is 168 g/mol. The molecular formula is C6H8N4O2. The Bertz CT molecular complexity index is 260. The molecule has 1 amide bonds. The number of amides is 1. The maximum atomic E-state index is 10.9. The van der Waals surface area contributed by atoms with Gasteiger partial charge < -0.3 is 9.64 Å². The van der Waals surface area contributed by atoms with E-state index in [2.05, 4.69) is 10.0 Å². The molecule has 64 valence electrons. The van der Waals surface area contributed by atoms with E-state index in [4.69, 9.17) is 10.3 Å². The van der Waals surface area contributed by atoms with E-state index < -0.39 is 0 Å². The Kier molecular flexibility index (Phi) is 1.64. The summed E-state index contributed by atoms with van der Waals surface area (Å²) in [6.45, 7) is 0.888. The lowest BCUT2D eigenvalue weighted by Crippen LogP contribution is -2.48. The fourth-order valence-electron chi connectivity index (χ4n) is 1.48. The van der Waals surface area contributed by atoms with Crippen LogP contribution in [-0.4, -0.2) is 36.2 Å². The summed E-state index contributed by atoms with van der Waals surface area (Å²) >= 11 is 0. The highest BCUT2D eigenvalue weighted by molar-refractivity contribution is 5.82. The van der Waals surface area contributed by atoms with Gasteiger partial charge in [-0.05, 0) is 5.53 Å². The number of carbonyl (C=O) groups is 1. The molecule has 0 unspecified atom stereocenters. The van der Waals surface area contributed by atoms with Crippen molar-refractivity contribution in [1.29, 1.82) is 0 Å². The number of fused-ring (bicyclic) bond motifs is 1. The second kappa shape index (κ2) is 2.66. The standard InChI is InChI=1S/C6H8N4O2/c7-9-8-2-4-3-10-5(11)1-6(10)12-4/h4,6H,1-3H2/t4-,6+/m1/s1. The minimum atomic E-state index is -0.0997. The lowest BCUT2D eigenvalue weighted by molar-refractivity contribution is -0.156. The van der Waals surface area contributed by atoms with Gasteiger partial charge in [-0.3, -0.25) is 4.79 Å². The summed E-state index contributed by atoms with van der Waals surface area (Å²) in [5.74, 6) is 0.128. The molecule has 0 bridgehead atoms. The lowest BCUT2D eigenvalue weighted by atomic mass is 10.2. The van der Waals surface area contributed by atoms with Crippen LogP contribution in [0.15, 0.2) is 5.11 Å². The zero-order chi connectivity index (χ0) is 8.55. The van der Waals surface area contributed by atoms with Gasteiger partial charge in [-0.15, -0.1) is 0 Å². The predicted octanol–water partition coefficient (Wildman–Crippen LogP) is 0.254. The van der Waals surface area contributed by atoms with Crippen molar-refractivity contribution in [2.24, 2.45) is 5.11 Å². The van der Waals surface area contributed by atoms with Crippen molar-refractivity contribution >= 4 is 5.91 Å². The Labute approximate surface area is 68.7 Å². The maximum Gasteiger partial charge on any atom is 0.229 e. The van der Waals surface area contributed by atoms with Gasteiger partial charge in [0.15, 0.2) is 0 Å². The fraction of sp³-hybridized carbons (Fsp3) is 0.833. The van der Waals surface area contributed by atoms with Crippen molar-refractivity contribution in [3.05, 3.63) is 10.4 Å². The van der Waals surface area contributed by atoms with Crippen LogP contribution in [-0.2, 0) is 9.53 Å². The molecule has 0 saturated carbocycles. The van der Waals surface area contributed by atoms with Crippen LogP contribution >= 0.6 is 0 Å². The van der Waals surface area contributed by atoms with E-state index in [1.54, 1.807) is 4.90 Å². The molecule has 6 nitrogen and oxygen atoms in total. The molecule has 2 rings (SSSR count). The van der Waals surface area contributed by atoms with Crippen LogP contribution in [0, 0.1) is 0 Å². The predicted molar refractivity (Wildman–Crippen MR) is 39.0 cm³/mol. The number of nitrogens with zero attached hydrogens (tertiary/aromatic N) is 4. The molecule has 0 aromatic heterocycles. The molecule has 2 fully saturated rings. The minimum absolute atomic E-state index is 0.0450. The molecule has 0 aliphatic carbocycles. The normalized spacial score (nSPS) is 32.3. The van der Waals surface area contributed by atoms with E-state index in [0.29, 0.717) is 19.5 Å². The molecule has 2 aliphatic rings. The van der Waals surface area contributed by atoms with Crippen molar-refractivity contribution in [1.82, 2.24) is 4.90 Å². The third-order valence-electron chi connectivity index (χ3n) is 2.12. The Hall–Kier alpha value is -1.26. The summed E-state index contributed by atoms with van der Waals surface area (Å²) in [6, 6.07) is 0. The SMILES string of the molecule is [N-]=[N+]=NC[C@@H]1CN2C(=O)C[C@@H]2O1. The van der Waals surface area contributed by atoms with Gasteiger partial charge in [0.05, 0.1) is 19.1 Å². The average molecular weight is 168 g/mol. The number of carbonyl (C=O) groups excluding carboxylic acids is 1. The van der Waals surface area contributed by atoms with Gasteiger partial charge >= 0.3 is 0 Å². The number of β-lactam (4-membered cyclic amide) rings is 1. The smallest absolute Gasteiger partial charge is 0.229 e. The van der Waals surface area contributed by atoms with Gasteiger partial charge in [-0.2, -0.15) is 0 Å². The van der Waals surface area contributed by atoms with Crippen molar-refractivity contribution in [3.63, 3.8) is 0 Å². The highest BCUT2D eigenvalue weighted by atomic mass is 16.5. The maximum absolute atomic E-state index is 10.9. The van der Waals surface area contributed by atoms with Crippen molar-refractivity contribution in [2.45, 2.75) is 18.8 Å². The van der Waals surface area contributed by atoms with Crippen LogP contribution in [0.1, 0.15) is 6.42 Å². The average Bonchev–Trinajstić information content (AvgIpc) is 2.39. The van der Waals surface area contributed by atoms with Gasteiger partial charge in [-0.1, -0.05) is 5.11 Å². The molecular weight excluding hydrogens is 160 g/mol. The van der Waals surface area contributed by atoms with Crippen LogP contribution in [0.25, 0.3) is 10.4 Å². The largest absolute Gasteiger partial charge is 0.353 e. The lowest BCUT2D eigenvalue weighted by Gasteiger charge is -2.31. The molecule has 2 heterocycles. The molecule has 0 spiro atoms. The highest BCUT2D eigenvalue weighted by Gasteiger charge is 2.44. The first-order valence-corrected chi connectivity index (χ1v) is 3.77. The zero-order valence-corrected chi connectivity index (χ0v) is 6.38. The number of rotatable bonds is 2. The summed E-state index contributed by atoms with van der Waals surface area (Å²) in [7, 11) is 0. The van der Waals surface area contributed by atoms with Crippen LogP contribution in [0.5, 0.6) is 0 Å². The van der Waals surface area contributed by atoms with Crippen molar-refractivity contribution in [3.8, 4) is 0 Å². The van der Waals surface area contributed by atoms with E-state index >= 15 is 0 Å². The van der Waals surface area contributed by atoms with Gasteiger partial charge in [-0.25, -0.2) is 0 Å². The van der Waals surface area contributed by atoms with Gasteiger partial charge in [0.1, 0.15) is 6.23 Å². The summed E-state index contributed by atoms with van der Waals surface area (Å²) < 4.78 is 5.37. The van der Waals surface area contributed by atoms with E-state index in [1.807, 2.05) is 0 Å². The number of ether oxygens (including phenoxy) is 1. The third-order valence-corrected chi connectivity index (χ3v) is 2.12. The first-order chi connectivity index (χ1) is 5.81. The summed E-state index contributed by atoms with van der Waals surface area (Å²) in [4.78, 5) is 15.2. The van der Waals surface area contributed by atoms with Crippen LogP contribution in [0.3, 0.4) is 0 Å². The molecule has 6 heteroatoms. The van der Waals surface area contributed by atoms with Gasteiger partial charge in [0, 0.05) is 11.5 Å². The fourth-order valence-corrected chi connectivity index (χ4v) is 1.48. The van der Waals surface area contributed by atoms with Crippen molar-refractivity contribution in [2.75, 3.05) is 13.1 Å². The topological polar surface area (TPSA) is 78.3 Å². The molecule has 0 aromatic carbocycles. The summed E-state index contributed by atoms with van der Waals surface area (Å²) in [6.07, 6.45) is 0.334. The molecule has 2 atom stereocenters. The van der Waals surface area contributed by atoms with Crippen LogP contribution in [0.2, 0.25) is 0 Å². The molecule has 12 heavy (non-hydrogen) atoms. The van der Waals surface area contributed by atoms with E-state index in [-0.39, 0.29) is 18.2 Å². The minimum Gasteiger partial charge on any atom is -0.353 e. The molecule has 0 aromatic rings. The van der Waals surface area contributed by atoms with Crippen molar-refractivity contribution < 1.29 is 9.53 Å². The second-order valence-corrected chi connectivity index (χ2v) is 2.88. The third kappa shape index (κ3) is 1.01. The Balaban J connectivity index is 1.90. The number of hydrogen-bond donors (Lipinski definition) is 0. The molecule has 0 radical (unpaired) electrons. The zero-order valence-electron chi connectivity index (χ0n) is 6.38. The summed E-state index contributed by atoms with van der Waals surface area (Å²) in [5.41, 5.74) is 8.05. The van der Waals surface area contributed by atoms with E-state index in [0.717, 1.165) is 0 Å². The van der Waals surface area contributed by atoms with Gasteiger partial charge in [0.2, 0.25) is 5.91 Å². The quantitative estimate of drug-likeness (QED) is 0.256. The first kappa shape index (κ1) is 7.39. The molecule has 0 N–H and O–H groups in total. The molecule has 2 aliphatic heterocycles. The number of azide groups is 1. The van der Waals surface area contributed by atoms with E-state index in [1.165, 1.54) is 0 Å². The van der Waals surface area contributed by atoms with Crippen LogP contribution < -0.4 is 0 Å². The molecule has 2 saturated heterocycles. The Morgan fingerprint density at radius 1 is 1.83 bits per heavy atom. The van der Waals surface area contributed by atoms with E-state index in [9.17, 15) is 4.79 Å². The summed E-state index contributed by atoms with van der Waals surface area (Å²) in [5, 5.41) is 3.39.